The Morgan fingerprint density at radius 3 is 2.59 bits per heavy atom. The van der Waals surface area contributed by atoms with Gasteiger partial charge in [0.05, 0.1) is 0 Å². The van der Waals surface area contributed by atoms with Gasteiger partial charge in [0, 0.05) is 24.3 Å². The molecule has 1 aromatic heterocycles. The molecule has 1 heterocycles. The lowest BCUT2D eigenvalue weighted by atomic mass is 10.1. The van der Waals surface area contributed by atoms with Crippen LogP contribution in [0.4, 0.5) is 0 Å². The van der Waals surface area contributed by atoms with Crippen molar-refractivity contribution in [3.8, 4) is 0 Å². The normalized spacial score (nSPS) is 15.9. The van der Waals surface area contributed by atoms with E-state index in [-0.39, 0.29) is 17.9 Å². The molecule has 1 saturated carbocycles. The summed E-state index contributed by atoms with van der Waals surface area (Å²) in [5, 5.41) is 5.86. The van der Waals surface area contributed by atoms with E-state index in [0.29, 0.717) is 17.8 Å². The van der Waals surface area contributed by atoms with Crippen molar-refractivity contribution in [2.75, 3.05) is 6.54 Å². The van der Waals surface area contributed by atoms with Crippen LogP contribution in [0.2, 0.25) is 0 Å². The highest BCUT2D eigenvalue weighted by atomic mass is 16.2. The topological polar surface area (TPSA) is 71.1 Å². The zero-order valence-electron chi connectivity index (χ0n) is 13.2. The van der Waals surface area contributed by atoms with E-state index in [2.05, 4.69) is 15.6 Å². The van der Waals surface area contributed by atoms with E-state index < -0.39 is 0 Å². The first-order valence-corrected chi connectivity index (χ1v) is 8.26. The number of pyridine rings is 1. The summed E-state index contributed by atoms with van der Waals surface area (Å²) in [4.78, 5) is 28.4. The molecule has 0 atom stereocenters. The maximum atomic E-state index is 12.3. The maximum absolute atomic E-state index is 12.3. The highest BCUT2D eigenvalue weighted by Gasteiger charge is 2.17. The van der Waals surface area contributed by atoms with Gasteiger partial charge in [0.15, 0.2) is 0 Å². The summed E-state index contributed by atoms with van der Waals surface area (Å²) in [7, 11) is 0. The predicted octanol–water partition coefficient (Wildman–Crippen LogP) is 2.67. The highest BCUT2D eigenvalue weighted by molar-refractivity contribution is 5.98. The third-order valence-corrected chi connectivity index (χ3v) is 3.98. The molecule has 2 N–H and O–H groups in total. The van der Waals surface area contributed by atoms with Crippen LogP contribution in [0.25, 0.3) is 0 Å². The van der Waals surface area contributed by atoms with Crippen molar-refractivity contribution in [1.29, 1.82) is 0 Å². The molecular weight excluding hydrogens is 278 g/mol. The largest absolute Gasteiger partial charge is 0.352 e. The summed E-state index contributed by atoms with van der Waals surface area (Å²) >= 11 is 0. The van der Waals surface area contributed by atoms with Gasteiger partial charge in [0.1, 0.15) is 5.69 Å². The molecule has 0 spiro atoms. The molecule has 0 aromatic carbocycles. The van der Waals surface area contributed by atoms with Gasteiger partial charge in [0.25, 0.3) is 11.8 Å². The van der Waals surface area contributed by atoms with E-state index in [1.807, 2.05) is 6.92 Å². The summed E-state index contributed by atoms with van der Waals surface area (Å²) in [6.07, 6.45) is 9.28. The minimum absolute atomic E-state index is 0.159. The molecule has 2 rings (SSSR count). The summed E-state index contributed by atoms with van der Waals surface area (Å²) in [6.45, 7) is 2.63. The van der Waals surface area contributed by atoms with Gasteiger partial charge in [-0.05, 0) is 31.4 Å². The number of amides is 2. The Hall–Kier alpha value is -1.91. The fourth-order valence-corrected chi connectivity index (χ4v) is 2.72. The first-order valence-electron chi connectivity index (χ1n) is 8.26. The van der Waals surface area contributed by atoms with Gasteiger partial charge in [-0.1, -0.05) is 32.6 Å². The number of carbonyl (C=O) groups excluding carboxylic acids is 2. The Labute approximate surface area is 131 Å². The number of aromatic nitrogens is 1. The molecule has 1 aliphatic rings. The fourth-order valence-electron chi connectivity index (χ4n) is 2.72. The Morgan fingerprint density at radius 2 is 1.91 bits per heavy atom. The molecule has 0 radical (unpaired) electrons. The molecule has 5 nitrogen and oxygen atoms in total. The lowest BCUT2D eigenvalue weighted by molar-refractivity contribution is 0.0928. The molecule has 1 aromatic rings. The van der Waals surface area contributed by atoms with E-state index in [1.165, 1.54) is 19.0 Å². The number of hydrogen-bond donors (Lipinski definition) is 2. The van der Waals surface area contributed by atoms with Crippen LogP contribution in [0.3, 0.4) is 0 Å². The molecule has 0 bridgehead atoms. The van der Waals surface area contributed by atoms with Gasteiger partial charge in [-0.15, -0.1) is 0 Å². The van der Waals surface area contributed by atoms with E-state index in [9.17, 15) is 9.59 Å². The Balaban J connectivity index is 1.98. The molecular formula is C17H25N3O2. The Morgan fingerprint density at radius 1 is 1.18 bits per heavy atom. The monoisotopic (exact) mass is 303 g/mol. The van der Waals surface area contributed by atoms with Gasteiger partial charge >= 0.3 is 0 Å². The van der Waals surface area contributed by atoms with E-state index in [1.54, 1.807) is 12.1 Å². The van der Waals surface area contributed by atoms with Crippen molar-refractivity contribution in [3.63, 3.8) is 0 Å². The van der Waals surface area contributed by atoms with E-state index in [4.69, 9.17) is 0 Å². The molecule has 1 aliphatic carbocycles. The van der Waals surface area contributed by atoms with E-state index in [0.717, 1.165) is 32.1 Å². The predicted molar refractivity (Wildman–Crippen MR) is 85.8 cm³/mol. The maximum Gasteiger partial charge on any atom is 0.270 e. The van der Waals surface area contributed by atoms with Crippen molar-refractivity contribution >= 4 is 11.8 Å². The van der Waals surface area contributed by atoms with Crippen LogP contribution in [-0.2, 0) is 0 Å². The molecule has 2 amide bonds. The van der Waals surface area contributed by atoms with Crippen LogP contribution in [-0.4, -0.2) is 29.4 Å². The van der Waals surface area contributed by atoms with Gasteiger partial charge in [-0.25, -0.2) is 0 Å². The molecule has 1 fully saturated rings. The van der Waals surface area contributed by atoms with Crippen LogP contribution in [0.5, 0.6) is 0 Å². The Kier molecular flexibility index (Phi) is 6.37. The van der Waals surface area contributed by atoms with Crippen molar-refractivity contribution < 1.29 is 9.59 Å². The van der Waals surface area contributed by atoms with Crippen molar-refractivity contribution in [1.82, 2.24) is 15.6 Å². The zero-order valence-corrected chi connectivity index (χ0v) is 13.2. The first kappa shape index (κ1) is 16.5. The first-order chi connectivity index (χ1) is 10.7. The average molecular weight is 303 g/mol. The van der Waals surface area contributed by atoms with Crippen LogP contribution in [0.1, 0.15) is 72.7 Å². The number of rotatable bonds is 5. The second kappa shape index (κ2) is 8.51. The van der Waals surface area contributed by atoms with Gasteiger partial charge in [0.2, 0.25) is 0 Å². The van der Waals surface area contributed by atoms with E-state index >= 15 is 0 Å². The van der Waals surface area contributed by atoms with Crippen LogP contribution < -0.4 is 10.6 Å². The highest BCUT2D eigenvalue weighted by Crippen LogP contribution is 2.17. The lowest BCUT2D eigenvalue weighted by Crippen LogP contribution is -2.35. The van der Waals surface area contributed by atoms with Gasteiger partial charge in [-0.3, -0.25) is 14.6 Å². The minimum Gasteiger partial charge on any atom is -0.352 e. The van der Waals surface area contributed by atoms with Crippen LogP contribution in [0.15, 0.2) is 18.3 Å². The standard InChI is InChI=1S/C17H25N3O2/c1-2-10-19-16(21)13-9-11-18-15(12-13)17(22)20-14-7-5-3-4-6-8-14/h9,11-12,14H,2-8,10H2,1H3,(H,19,21)(H,20,22). The molecule has 5 heteroatoms. The number of nitrogens with zero attached hydrogens (tertiary/aromatic N) is 1. The fraction of sp³-hybridized carbons (Fsp3) is 0.588. The second-order valence-corrected chi connectivity index (χ2v) is 5.85. The molecule has 0 aliphatic heterocycles. The second-order valence-electron chi connectivity index (χ2n) is 5.85. The summed E-state index contributed by atoms with van der Waals surface area (Å²) < 4.78 is 0. The summed E-state index contributed by atoms with van der Waals surface area (Å²) in [5.41, 5.74) is 0.794. The number of hydrogen-bond acceptors (Lipinski definition) is 3. The smallest absolute Gasteiger partial charge is 0.270 e. The molecule has 22 heavy (non-hydrogen) atoms. The SMILES string of the molecule is CCCNC(=O)c1ccnc(C(=O)NC2CCCCCC2)c1. The van der Waals surface area contributed by atoms with Crippen molar-refractivity contribution in [2.24, 2.45) is 0 Å². The van der Waals surface area contributed by atoms with Crippen molar-refractivity contribution in [2.45, 2.75) is 57.9 Å². The number of nitrogens with one attached hydrogen (secondary N) is 2. The van der Waals surface area contributed by atoms with Crippen LogP contribution >= 0.6 is 0 Å². The third-order valence-electron chi connectivity index (χ3n) is 3.98. The number of carbonyl (C=O) groups is 2. The lowest BCUT2D eigenvalue weighted by Gasteiger charge is -2.16. The summed E-state index contributed by atoms with van der Waals surface area (Å²) in [6, 6.07) is 3.43. The molecule has 0 saturated heterocycles. The summed E-state index contributed by atoms with van der Waals surface area (Å²) in [5.74, 6) is -0.343. The quantitative estimate of drug-likeness (QED) is 0.822. The van der Waals surface area contributed by atoms with Gasteiger partial charge < -0.3 is 10.6 Å². The minimum atomic E-state index is -0.183. The molecule has 0 unspecified atom stereocenters. The molecule has 120 valence electrons. The Bertz CT molecular complexity index is 508. The van der Waals surface area contributed by atoms with Crippen LogP contribution in [0, 0.1) is 0 Å². The average Bonchev–Trinajstić information content (AvgIpc) is 2.81. The zero-order chi connectivity index (χ0) is 15.8. The van der Waals surface area contributed by atoms with Crippen molar-refractivity contribution in [3.05, 3.63) is 29.6 Å². The van der Waals surface area contributed by atoms with Gasteiger partial charge in [-0.2, -0.15) is 0 Å². The third kappa shape index (κ3) is 4.83.